The molecule has 2 rings (SSSR count). The number of hydrogen-bond acceptors (Lipinski definition) is 4. The minimum Gasteiger partial charge on any atom is -0.508 e. The van der Waals surface area contributed by atoms with Crippen LogP contribution in [-0.4, -0.2) is 45.9 Å². The van der Waals surface area contributed by atoms with Crippen molar-refractivity contribution < 1.29 is 20.2 Å². The van der Waals surface area contributed by atoms with Gasteiger partial charge in [-0.1, -0.05) is 42.5 Å². The summed E-state index contributed by atoms with van der Waals surface area (Å²) in [6.45, 7) is 1.97. The predicted octanol–water partition coefficient (Wildman–Crippen LogP) is 0.804. The number of carbonyl (C=O) groups excluding carboxylic acids is 2. The van der Waals surface area contributed by atoms with E-state index in [0.29, 0.717) is 19.4 Å². The Balaban J connectivity index is 0.00000364. The molecule has 7 N–H and O–H groups in total. The molecule has 0 aliphatic carbocycles. The Labute approximate surface area is 171 Å². The van der Waals surface area contributed by atoms with Crippen LogP contribution in [0.5, 0.6) is 5.75 Å². The van der Waals surface area contributed by atoms with Crippen molar-refractivity contribution in [2.45, 2.75) is 31.8 Å². The van der Waals surface area contributed by atoms with Crippen LogP contribution in [0.25, 0.3) is 0 Å². The summed E-state index contributed by atoms with van der Waals surface area (Å²) in [6.07, 6.45) is 0.919. The number of benzene rings is 2. The maximum atomic E-state index is 12.8. The van der Waals surface area contributed by atoms with Gasteiger partial charge in [0.2, 0.25) is 11.8 Å². The summed E-state index contributed by atoms with van der Waals surface area (Å²) in [4.78, 5) is 25.9. The first-order chi connectivity index (χ1) is 12.4. The Kier molecular flexibility index (Phi) is 10.9. The number of phenols is 1. The van der Waals surface area contributed by atoms with Crippen molar-refractivity contribution in [3.63, 3.8) is 0 Å². The third-order valence-electron chi connectivity index (χ3n) is 4.36. The fourth-order valence-corrected chi connectivity index (χ4v) is 2.73. The Bertz CT molecular complexity index is 741. The molecule has 8 heteroatoms. The summed E-state index contributed by atoms with van der Waals surface area (Å²) in [5, 5.41) is 9.34. The second-order valence-electron chi connectivity index (χ2n) is 6.32. The van der Waals surface area contributed by atoms with Crippen molar-refractivity contribution in [3.8, 4) is 5.75 Å². The zero-order valence-electron chi connectivity index (χ0n) is 15.7. The molecule has 0 spiro atoms. The minimum absolute atomic E-state index is 0. The Morgan fingerprint density at radius 1 is 1.04 bits per heavy atom. The SMILES string of the molecule is C[C@H](C(N)=O)N(CCc1ccccc1)C(=O)[C@@H](N)Cc1ccc(O)cc1.Cl.O. The molecule has 0 unspecified atom stereocenters. The van der Waals surface area contributed by atoms with Crippen LogP contribution in [0.1, 0.15) is 18.1 Å². The maximum absolute atomic E-state index is 12.8. The molecule has 2 aromatic rings. The molecule has 154 valence electrons. The van der Waals surface area contributed by atoms with Gasteiger partial charge in [-0.2, -0.15) is 0 Å². The monoisotopic (exact) mass is 409 g/mol. The number of nitrogens with zero attached hydrogens (tertiary/aromatic N) is 1. The van der Waals surface area contributed by atoms with Crippen LogP contribution in [0.4, 0.5) is 0 Å². The molecular weight excluding hydrogens is 382 g/mol. The second kappa shape index (κ2) is 12.0. The van der Waals surface area contributed by atoms with Gasteiger partial charge in [0, 0.05) is 6.54 Å². The number of amides is 2. The van der Waals surface area contributed by atoms with E-state index in [9.17, 15) is 14.7 Å². The second-order valence-corrected chi connectivity index (χ2v) is 6.32. The summed E-state index contributed by atoms with van der Waals surface area (Å²) in [7, 11) is 0. The van der Waals surface area contributed by atoms with E-state index in [-0.39, 0.29) is 29.5 Å². The molecule has 2 aromatic carbocycles. The van der Waals surface area contributed by atoms with Gasteiger partial charge >= 0.3 is 0 Å². The quantitative estimate of drug-likeness (QED) is 0.592. The van der Waals surface area contributed by atoms with Crippen molar-refractivity contribution in [1.82, 2.24) is 4.90 Å². The molecule has 0 bridgehead atoms. The van der Waals surface area contributed by atoms with Crippen LogP contribution < -0.4 is 11.5 Å². The van der Waals surface area contributed by atoms with E-state index in [1.54, 1.807) is 31.2 Å². The van der Waals surface area contributed by atoms with E-state index < -0.39 is 18.0 Å². The van der Waals surface area contributed by atoms with Gasteiger partial charge in [0.1, 0.15) is 11.8 Å². The molecule has 0 saturated carbocycles. The first-order valence-electron chi connectivity index (χ1n) is 8.55. The Morgan fingerprint density at radius 2 is 1.61 bits per heavy atom. The van der Waals surface area contributed by atoms with Gasteiger partial charge in [-0.05, 0) is 43.0 Å². The Hall–Kier alpha value is -2.61. The molecule has 28 heavy (non-hydrogen) atoms. The number of phenolic OH excluding ortho intramolecular Hbond substituents is 1. The normalized spacial score (nSPS) is 12.1. The standard InChI is InChI=1S/C20H25N3O3.ClH.H2O/c1-14(19(22)25)23(12-11-15-5-3-2-4-6-15)20(26)18(21)13-16-7-9-17(24)10-8-16;;/h2-10,14,18,24H,11-13,21H2,1H3,(H2,22,25);1H;1H2/t14-,18+;;/m1../s1. The molecule has 0 radical (unpaired) electrons. The number of primary amides is 1. The number of aromatic hydroxyl groups is 1. The molecule has 7 nitrogen and oxygen atoms in total. The molecule has 0 aliphatic heterocycles. The van der Waals surface area contributed by atoms with E-state index in [0.717, 1.165) is 11.1 Å². The summed E-state index contributed by atoms with van der Waals surface area (Å²) in [6, 6.07) is 14.7. The molecule has 2 atom stereocenters. The minimum atomic E-state index is -0.794. The molecular formula is C20H28ClN3O4. The smallest absolute Gasteiger partial charge is 0.240 e. The maximum Gasteiger partial charge on any atom is 0.240 e. The van der Waals surface area contributed by atoms with E-state index in [1.165, 1.54) is 4.90 Å². The van der Waals surface area contributed by atoms with E-state index in [1.807, 2.05) is 30.3 Å². The highest BCUT2D eigenvalue weighted by atomic mass is 35.5. The average molecular weight is 410 g/mol. The van der Waals surface area contributed by atoms with Gasteiger partial charge in [0.15, 0.2) is 0 Å². The van der Waals surface area contributed by atoms with Gasteiger partial charge in [-0.3, -0.25) is 9.59 Å². The fourth-order valence-electron chi connectivity index (χ4n) is 2.73. The largest absolute Gasteiger partial charge is 0.508 e. The lowest BCUT2D eigenvalue weighted by atomic mass is 10.0. The number of rotatable bonds is 8. The number of hydrogen-bond donors (Lipinski definition) is 3. The molecule has 0 fully saturated rings. The molecule has 0 aromatic heterocycles. The lowest BCUT2D eigenvalue weighted by molar-refractivity contribution is -0.139. The van der Waals surface area contributed by atoms with Crippen molar-refractivity contribution >= 4 is 24.2 Å². The van der Waals surface area contributed by atoms with Crippen molar-refractivity contribution in [1.29, 1.82) is 0 Å². The lowest BCUT2D eigenvalue weighted by Crippen LogP contribution is -2.53. The first kappa shape index (κ1) is 25.4. The zero-order chi connectivity index (χ0) is 19.1. The number of carbonyl (C=O) groups is 2. The van der Waals surface area contributed by atoms with E-state index in [4.69, 9.17) is 11.5 Å². The summed E-state index contributed by atoms with van der Waals surface area (Å²) >= 11 is 0. The van der Waals surface area contributed by atoms with Crippen molar-refractivity contribution in [3.05, 3.63) is 65.7 Å². The van der Waals surface area contributed by atoms with Crippen LogP contribution >= 0.6 is 12.4 Å². The summed E-state index contributed by atoms with van der Waals surface area (Å²) < 4.78 is 0. The van der Waals surface area contributed by atoms with Crippen LogP contribution in [0.15, 0.2) is 54.6 Å². The van der Waals surface area contributed by atoms with E-state index in [2.05, 4.69) is 0 Å². The number of halogens is 1. The highest BCUT2D eigenvalue weighted by Crippen LogP contribution is 2.13. The molecule has 2 amide bonds. The van der Waals surface area contributed by atoms with Gasteiger partial charge in [-0.15, -0.1) is 12.4 Å². The highest BCUT2D eigenvalue weighted by molar-refractivity contribution is 5.89. The molecule has 0 heterocycles. The average Bonchev–Trinajstić information content (AvgIpc) is 2.64. The van der Waals surface area contributed by atoms with Crippen LogP contribution in [0, 0.1) is 0 Å². The first-order valence-corrected chi connectivity index (χ1v) is 8.55. The third kappa shape index (κ3) is 7.19. The highest BCUT2D eigenvalue weighted by Gasteiger charge is 2.28. The lowest BCUT2D eigenvalue weighted by Gasteiger charge is -2.30. The number of nitrogens with two attached hydrogens (primary N) is 2. The summed E-state index contributed by atoms with van der Waals surface area (Å²) in [5.74, 6) is -0.732. The van der Waals surface area contributed by atoms with Crippen LogP contribution in [0.3, 0.4) is 0 Å². The Morgan fingerprint density at radius 3 is 2.14 bits per heavy atom. The predicted molar refractivity (Wildman–Crippen MR) is 111 cm³/mol. The van der Waals surface area contributed by atoms with Crippen LogP contribution in [0.2, 0.25) is 0 Å². The van der Waals surface area contributed by atoms with Gasteiger partial charge in [-0.25, -0.2) is 0 Å². The van der Waals surface area contributed by atoms with Gasteiger partial charge < -0.3 is 26.9 Å². The molecule has 0 aliphatic rings. The van der Waals surface area contributed by atoms with Gasteiger partial charge in [0.05, 0.1) is 6.04 Å². The van der Waals surface area contributed by atoms with Crippen LogP contribution in [-0.2, 0) is 22.4 Å². The van der Waals surface area contributed by atoms with Crippen molar-refractivity contribution in [2.75, 3.05) is 6.54 Å². The van der Waals surface area contributed by atoms with Gasteiger partial charge in [0.25, 0.3) is 0 Å². The fraction of sp³-hybridized carbons (Fsp3) is 0.300. The van der Waals surface area contributed by atoms with Crippen molar-refractivity contribution in [2.24, 2.45) is 11.5 Å². The zero-order valence-corrected chi connectivity index (χ0v) is 16.6. The topological polar surface area (TPSA) is 141 Å². The molecule has 0 saturated heterocycles. The van der Waals surface area contributed by atoms with E-state index >= 15 is 0 Å². The summed E-state index contributed by atoms with van der Waals surface area (Å²) in [5.41, 5.74) is 13.4. The third-order valence-corrected chi connectivity index (χ3v) is 4.36.